The molecule has 0 radical (unpaired) electrons. The topological polar surface area (TPSA) is 57.8 Å². The van der Waals surface area contributed by atoms with E-state index in [2.05, 4.69) is 15.3 Å². The number of aromatic nitrogens is 2. The quantitative estimate of drug-likeness (QED) is 0.777. The summed E-state index contributed by atoms with van der Waals surface area (Å²) < 4.78 is 0. The van der Waals surface area contributed by atoms with Gasteiger partial charge in [0.2, 0.25) is 0 Å². The summed E-state index contributed by atoms with van der Waals surface area (Å²) in [6.45, 7) is 0.426. The van der Waals surface area contributed by atoms with Crippen molar-refractivity contribution in [1.82, 2.24) is 15.3 Å². The van der Waals surface area contributed by atoms with E-state index in [-0.39, 0.29) is 5.91 Å². The number of benzene rings is 1. The van der Waals surface area contributed by atoms with Crippen LogP contribution >= 0.6 is 11.6 Å². The number of hydrogen-bond donors (Lipinski definition) is 2. The zero-order valence-electron chi connectivity index (χ0n) is 10.6. The second-order valence-corrected chi connectivity index (χ2v) is 4.78. The molecule has 0 atom stereocenters. The summed E-state index contributed by atoms with van der Waals surface area (Å²) >= 11 is 6.00. The highest BCUT2D eigenvalue weighted by molar-refractivity contribution is 6.33. The maximum atomic E-state index is 12.1. The second-order valence-electron chi connectivity index (χ2n) is 4.38. The molecular weight excluding hydrogens is 274 g/mol. The Bertz CT molecular complexity index is 766. The van der Waals surface area contributed by atoms with E-state index in [0.29, 0.717) is 17.1 Å². The van der Waals surface area contributed by atoms with E-state index in [9.17, 15) is 4.79 Å². The maximum absolute atomic E-state index is 12.1. The first-order valence-electron chi connectivity index (χ1n) is 6.19. The number of nitrogens with one attached hydrogen (secondary N) is 2. The summed E-state index contributed by atoms with van der Waals surface area (Å²) in [5.74, 6) is -0.186. The van der Waals surface area contributed by atoms with Gasteiger partial charge in [0.15, 0.2) is 0 Å². The third-order valence-electron chi connectivity index (χ3n) is 3.09. The van der Waals surface area contributed by atoms with E-state index >= 15 is 0 Å². The van der Waals surface area contributed by atoms with Crippen molar-refractivity contribution in [3.63, 3.8) is 0 Å². The van der Waals surface area contributed by atoms with Gasteiger partial charge in [0.05, 0.1) is 10.6 Å². The maximum Gasteiger partial charge on any atom is 0.253 e. The van der Waals surface area contributed by atoms with Gasteiger partial charge in [-0.05, 0) is 29.8 Å². The molecule has 0 saturated heterocycles. The molecule has 1 amide bonds. The second kappa shape index (κ2) is 5.35. The predicted octanol–water partition coefficient (Wildman–Crippen LogP) is 3.15. The molecule has 2 heterocycles. The van der Waals surface area contributed by atoms with E-state index < -0.39 is 0 Å². The van der Waals surface area contributed by atoms with Gasteiger partial charge < -0.3 is 10.3 Å². The molecule has 20 heavy (non-hydrogen) atoms. The third kappa shape index (κ3) is 2.38. The van der Waals surface area contributed by atoms with Crippen molar-refractivity contribution in [2.24, 2.45) is 0 Å². The fraction of sp³-hybridized carbons (Fsp3) is 0.0667. The van der Waals surface area contributed by atoms with Gasteiger partial charge >= 0.3 is 0 Å². The molecule has 2 N–H and O–H groups in total. The normalized spacial score (nSPS) is 10.7. The number of halogens is 1. The SMILES string of the molecule is O=C(NCc1c[nH]c2ncccc12)c1ccccc1Cl. The van der Waals surface area contributed by atoms with Gasteiger partial charge in [-0.1, -0.05) is 23.7 Å². The molecule has 100 valence electrons. The van der Waals surface area contributed by atoms with Crippen LogP contribution in [0.3, 0.4) is 0 Å². The molecule has 2 aromatic heterocycles. The van der Waals surface area contributed by atoms with E-state index in [4.69, 9.17) is 11.6 Å². The van der Waals surface area contributed by atoms with E-state index in [1.807, 2.05) is 18.3 Å². The first kappa shape index (κ1) is 12.7. The van der Waals surface area contributed by atoms with Crippen molar-refractivity contribution >= 4 is 28.5 Å². The van der Waals surface area contributed by atoms with Crippen molar-refractivity contribution < 1.29 is 4.79 Å². The van der Waals surface area contributed by atoms with Crippen LogP contribution in [-0.4, -0.2) is 15.9 Å². The van der Waals surface area contributed by atoms with Crippen molar-refractivity contribution in [2.75, 3.05) is 0 Å². The zero-order valence-corrected chi connectivity index (χ0v) is 11.3. The van der Waals surface area contributed by atoms with Gasteiger partial charge in [-0.3, -0.25) is 4.79 Å². The van der Waals surface area contributed by atoms with Gasteiger partial charge in [0.25, 0.3) is 5.91 Å². The highest BCUT2D eigenvalue weighted by Crippen LogP contribution is 2.17. The van der Waals surface area contributed by atoms with Crippen LogP contribution in [0, 0.1) is 0 Å². The first-order valence-corrected chi connectivity index (χ1v) is 6.57. The average molecular weight is 286 g/mol. The van der Waals surface area contributed by atoms with Gasteiger partial charge in [-0.2, -0.15) is 0 Å². The minimum absolute atomic E-state index is 0.186. The average Bonchev–Trinajstić information content (AvgIpc) is 2.88. The van der Waals surface area contributed by atoms with Crippen LogP contribution in [0.5, 0.6) is 0 Å². The molecule has 4 nitrogen and oxygen atoms in total. The fourth-order valence-corrected chi connectivity index (χ4v) is 2.30. The van der Waals surface area contributed by atoms with E-state index in [1.54, 1.807) is 30.5 Å². The summed E-state index contributed by atoms with van der Waals surface area (Å²) in [6.07, 6.45) is 3.58. The number of amides is 1. The van der Waals surface area contributed by atoms with Crippen LogP contribution in [0.2, 0.25) is 5.02 Å². The number of rotatable bonds is 3. The van der Waals surface area contributed by atoms with Crippen LogP contribution in [0.4, 0.5) is 0 Å². The first-order chi connectivity index (χ1) is 9.75. The Hall–Kier alpha value is -2.33. The summed E-state index contributed by atoms with van der Waals surface area (Å²) in [6, 6.07) is 10.8. The molecule has 0 fully saturated rings. The number of fused-ring (bicyclic) bond motifs is 1. The van der Waals surface area contributed by atoms with E-state index in [1.165, 1.54) is 0 Å². The van der Waals surface area contributed by atoms with Gasteiger partial charge in [-0.25, -0.2) is 4.98 Å². The van der Waals surface area contributed by atoms with Crippen LogP contribution in [0.15, 0.2) is 48.8 Å². The smallest absolute Gasteiger partial charge is 0.253 e. The molecule has 0 unspecified atom stereocenters. The highest BCUT2D eigenvalue weighted by Gasteiger charge is 2.10. The van der Waals surface area contributed by atoms with Crippen molar-refractivity contribution in [3.05, 3.63) is 64.9 Å². The largest absolute Gasteiger partial charge is 0.348 e. The summed E-state index contributed by atoms with van der Waals surface area (Å²) in [4.78, 5) is 19.4. The Morgan fingerprint density at radius 3 is 2.95 bits per heavy atom. The Balaban J connectivity index is 1.77. The minimum Gasteiger partial charge on any atom is -0.348 e. The summed E-state index contributed by atoms with van der Waals surface area (Å²) in [5.41, 5.74) is 2.29. The van der Waals surface area contributed by atoms with Crippen molar-refractivity contribution in [3.8, 4) is 0 Å². The third-order valence-corrected chi connectivity index (χ3v) is 3.42. The van der Waals surface area contributed by atoms with Gasteiger partial charge in [0, 0.05) is 24.3 Å². The summed E-state index contributed by atoms with van der Waals surface area (Å²) in [5, 5.41) is 4.32. The molecule has 5 heteroatoms. The minimum atomic E-state index is -0.186. The Kier molecular flexibility index (Phi) is 3.39. The molecule has 0 aliphatic heterocycles. The molecule has 0 saturated carbocycles. The van der Waals surface area contributed by atoms with Crippen molar-refractivity contribution in [1.29, 1.82) is 0 Å². The van der Waals surface area contributed by atoms with Crippen LogP contribution in [0.25, 0.3) is 11.0 Å². The monoisotopic (exact) mass is 285 g/mol. The molecule has 0 aliphatic rings. The fourth-order valence-electron chi connectivity index (χ4n) is 2.08. The predicted molar refractivity (Wildman–Crippen MR) is 78.7 cm³/mol. The number of aromatic amines is 1. The standard InChI is InChI=1S/C15H12ClN3O/c16-13-6-2-1-4-12(13)15(20)19-9-10-8-18-14-11(10)5-3-7-17-14/h1-8H,9H2,(H,17,18)(H,19,20). The number of carbonyl (C=O) groups is 1. The molecule has 1 aromatic carbocycles. The number of nitrogens with zero attached hydrogens (tertiary/aromatic N) is 1. The summed E-state index contributed by atoms with van der Waals surface area (Å²) in [7, 11) is 0. The van der Waals surface area contributed by atoms with Crippen LogP contribution in [-0.2, 0) is 6.54 Å². The molecule has 0 bridgehead atoms. The van der Waals surface area contributed by atoms with E-state index in [0.717, 1.165) is 16.6 Å². The Morgan fingerprint density at radius 2 is 2.10 bits per heavy atom. The highest BCUT2D eigenvalue weighted by atomic mass is 35.5. The van der Waals surface area contributed by atoms with Gasteiger partial charge in [0.1, 0.15) is 5.65 Å². The number of H-pyrrole nitrogens is 1. The zero-order chi connectivity index (χ0) is 13.9. The van der Waals surface area contributed by atoms with Crippen LogP contribution < -0.4 is 5.32 Å². The lowest BCUT2D eigenvalue weighted by Gasteiger charge is -2.05. The Morgan fingerprint density at radius 1 is 1.25 bits per heavy atom. The molecule has 3 aromatic rings. The molecule has 3 rings (SSSR count). The van der Waals surface area contributed by atoms with Crippen LogP contribution in [0.1, 0.15) is 15.9 Å². The molecule has 0 spiro atoms. The number of hydrogen-bond acceptors (Lipinski definition) is 2. The lowest BCUT2D eigenvalue weighted by atomic mass is 10.2. The Labute approximate surface area is 120 Å². The van der Waals surface area contributed by atoms with Gasteiger partial charge in [-0.15, -0.1) is 0 Å². The lowest BCUT2D eigenvalue weighted by Crippen LogP contribution is -2.22. The van der Waals surface area contributed by atoms with Crippen molar-refractivity contribution in [2.45, 2.75) is 6.54 Å². The molecular formula is C15H12ClN3O. The lowest BCUT2D eigenvalue weighted by molar-refractivity contribution is 0.0951. The number of pyridine rings is 1. The number of carbonyl (C=O) groups excluding carboxylic acids is 1. The molecule has 0 aliphatic carbocycles.